The highest BCUT2D eigenvalue weighted by atomic mass is 16.6. The minimum absolute atomic E-state index is 0.138. The van der Waals surface area contributed by atoms with Gasteiger partial charge in [0.05, 0.1) is 18.1 Å². The first kappa shape index (κ1) is 17.0. The zero-order valence-electron chi connectivity index (χ0n) is 14.9. The van der Waals surface area contributed by atoms with Crippen LogP contribution in [0.4, 0.5) is 5.69 Å². The zero-order valence-corrected chi connectivity index (χ0v) is 14.9. The quantitative estimate of drug-likeness (QED) is 0.593. The normalized spacial score (nSPS) is 22.2. The number of nitro groups is 1. The molecule has 136 valence electrons. The number of hydrogen-bond donors (Lipinski definition) is 0. The number of rotatable bonds is 4. The summed E-state index contributed by atoms with van der Waals surface area (Å²) in [5, 5.41) is 10.9. The van der Waals surface area contributed by atoms with Crippen LogP contribution in [0, 0.1) is 10.1 Å². The van der Waals surface area contributed by atoms with Crippen LogP contribution in [0.25, 0.3) is 6.08 Å². The van der Waals surface area contributed by atoms with E-state index in [0.29, 0.717) is 0 Å². The highest BCUT2D eigenvalue weighted by molar-refractivity contribution is 5.64. The van der Waals surface area contributed by atoms with Crippen LogP contribution in [-0.2, 0) is 4.74 Å². The fraction of sp³-hybridized carbons (Fsp3) is 0.429. The molecule has 0 aromatic heterocycles. The number of benzene rings is 1. The van der Waals surface area contributed by atoms with Gasteiger partial charge < -0.3 is 9.64 Å². The molecule has 0 unspecified atom stereocenters. The van der Waals surface area contributed by atoms with E-state index in [2.05, 4.69) is 17.1 Å². The number of morpholine rings is 1. The monoisotopic (exact) mass is 352 g/mol. The Labute approximate surface area is 153 Å². The molecule has 0 atom stereocenters. The summed E-state index contributed by atoms with van der Waals surface area (Å²) in [5.74, 6) is 0. The fourth-order valence-electron chi connectivity index (χ4n) is 4.16. The third-order valence-electron chi connectivity index (χ3n) is 5.44. The first-order chi connectivity index (χ1) is 12.7. The van der Waals surface area contributed by atoms with E-state index in [9.17, 15) is 10.1 Å². The number of nitro benzene ring substituents is 1. The van der Waals surface area contributed by atoms with Crippen molar-refractivity contribution >= 4 is 11.8 Å². The lowest BCUT2D eigenvalue weighted by Gasteiger charge is -2.32. The van der Waals surface area contributed by atoms with Gasteiger partial charge in [0.15, 0.2) is 0 Å². The molecule has 0 spiro atoms. The Morgan fingerprint density at radius 3 is 2.50 bits per heavy atom. The molecule has 3 aliphatic rings. The average molecular weight is 352 g/mol. The second-order valence-corrected chi connectivity index (χ2v) is 7.07. The molecule has 1 fully saturated rings. The van der Waals surface area contributed by atoms with Crippen LogP contribution in [0.5, 0.6) is 0 Å². The Hall–Kier alpha value is -2.40. The molecule has 5 heteroatoms. The summed E-state index contributed by atoms with van der Waals surface area (Å²) < 4.78 is 5.55. The third kappa shape index (κ3) is 3.44. The minimum atomic E-state index is -0.351. The standard InChI is InChI=1S/C21H24N2O3/c24-23(25)19-8-5-16(6-9-19)15-18-7-10-20(17-3-1-2-4-17)21(18)22-11-13-26-14-12-22/h3,5-6,8-9,15H,1-2,4,7,10-14H2. The summed E-state index contributed by atoms with van der Waals surface area (Å²) >= 11 is 0. The summed E-state index contributed by atoms with van der Waals surface area (Å²) in [4.78, 5) is 13.0. The maximum absolute atomic E-state index is 10.9. The van der Waals surface area contributed by atoms with Crippen molar-refractivity contribution in [2.45, 2.75) is 32.1 Å². The minimum Gasteiger partial charge on any atom is -0.378 e. The molecule has 1 saturated heterocycles. The second-order valence-electron chi connectivity index (χ2n) is 7.07. The Morgan fingerprint density at radius 1 is 1.08 bits per heavy atom. The summed E-state index contributed by atoms with van der Waals surface area (Å²) in [7, 11) is 0. The van der Waals surface area contributed by atoms with E-state index in [1.807, 2.05) is 12.1 Å². The lowest BCUT2D eigenvalue weighted by Crippen LogP contribution is -2.36. The van der Waals surface area contributed by atoms with Gasteiger partial charge in [-0.3, -0.25) is 10.1 Å². The van der Waals surface area contributed by atoms with E-state index in [1.54, 1.807) is 12.1 Å². The predicted molar refractivity (Wildman–Crippen MR) is 102 cm³/mol. The summed E-state index contributed by atoms with van der Waals surface area (Å²) in [6, 6.07) is 6.85. The lowest BCUT2D eigenvalue weighted by molar-refractivity contribution is -0.384. The van der Waals surface area contributed by atoms with Gasteiger partial charge in [-0.05, 0) is 72.6 Å². The Kier molecular flexibility index (Phi) is 4.89. The molecule has 0 bridgehead atoms. The van der Waals surface area contributed by atoms with Crippen molar-refractivity contribution in [2.75, 3.05) is 26.3 Å². The van der Waals surface area contributed by atoms with E-state index in [0.717, 1.165) is 44.7 Å². The lowest BCUT2D eigenvalue weighted by atomic mass is 10.0. The fourth-order valence-corrected chi connectivity index (χ4v) is 4.16. The average Bonchev–Trinajstić information content (AvgIpc) is 3.32. The van der Waals surface area contributed by atoms with Crippen LogP contribution in [0.3, 0.4) is 0 Å². The van der Waals surface area contributed by atoms with Crippen LogP contribution in [0.2, 0.25) is 0 Å². The van der Waals surface area contributed by atoms with Gasteiger partial charge in [0.25, 0.3) is 5.69 Å². The van der Waals surface area contributed by atoms with Gasteiger partial charge in [0, 0.05) is 30.9 Å². The van der Waals surface area contributed by atoms with Crippen LogP contribution < -0.4 is 0 Å². The van der Waals surface area contributed by atoms with Gasteiger partial charge in [0.1, 0.15) is 0 Å². The smallest absolute Gasteiger partial charge is 0.269 e. The van der Waals surface area contributed by atoms with Crippen molar-refractivity contribution in [3.8, 4) is 0 Å². The third-order valence-corrected chi connectivity index (χ3v) is 5.44. The molecule has 1 aliphatic heterocycles. The SMILES string of the molecule is O=[N+]([O-])c1ccc(C=C2CCC(C3=CCCC3)=C2N2CCOCC2)cc1. The molecule has 4 rings (SSSR count). The maximum Gasteiger partial charge on any atom is 0.269 e. The van der Waals surface area contributed by atoms with Gasteiger partial charge >= 0.3 is 0 Å². The molecule has 1 aromatic rings. The number of nitrogens with zero attached hydrogens (tertiary/aromatic N) is 2. The summed E-state index contributed by atoms with van der Waals surface area (Å²) in [6.07, 6.45) is 10.4. The Balaban J connectivity index is 1.68. The molecule has 2 aliphatic carbocycles. The number of non-ortho nitro benzene ring substituents is 1. The molecule has 26 heavy (non-hydrogen) atoms. The van der Waals surface area contributed by atoms with E-state index < -0.39 is 0 Å². The molecule has 5 nitrogen and oxygen atoms in total. The zero-order chi connectivity index (χ0) is 17.9. The van der Waals surface area contributed by atoms with Crippen LogP contribution in [0.15, 0.2) is 52.8 Å². The summed E-state index contributed by atoms with van der Waals surface area (Å²) in [5.41, 5.74) is 6.94. The molecule has 0 amide bonds. The molecule has 1 aromatic carbocycles. The van der Waals surface area contributed by atoms with Crippen molar-refractivity contribution in [3.63, 3.8) is 0 Å². The predicted octanol–water partition coefficient (Wildman–Crippen LogP) is 4.47. The number of ether oxygens (including phenoxy) is 1. The molecular weight excluding hydrogens is 328 g/mol. The van der Waals surface area contributed by atoms with E-state index in [1.165, 1.54) is 41.7 Å². The first-order valence-corrected chi connectivity index (χ1v) is 9.43. The molecule has 1 heterocycles. The van der Waals surface area contributed by atoms with Crippen LogP contribution in [0.1, 0.15) is 37.7 Å². The largest absolute Gasteiger partial charge is 0.378 e. The highest BCUT2D eigenvalue weighted by Gasteiger charge is 2.28. The second kappa shape index (κ2) is 7.46. The van der Waals surface area contributed by atoms with Gasteiger partial charge in [0.2, 0.25) is 0 Å². The van der Waals surface area contributed by atoms with Crippen molar-refractivity contribution in [1.29, 1.82) is 0 Å². The highest BCUT2D eigenvalue weighted by Crippen LogP contribution is 2.41. The van der Waals surface area contributed by atoms with E-state index in [-0.39, 0.29) is 10.6 Å². The van der Waals surface area contributed by atoms with Crippen molar-refractivity contribution in [2.24, 2.45) is 0 Å². The first-order valence-electron chi connectivity index (χ1n) is 9.43. The molecular formula is C21H24N2O3. The molecule has 0 saturated carbocycles. The van der Waals surface area contributed by atoms with E-state index in [4.69, 9.17) is 4.74 Å². The molecule has 0 radical (unpaired) electrons. The van der Waals surface area contributed by atoms with E-state index >= 15 is 0 Å². The van der Waals surface area contributed by atoms with Gasteiger partial charge in [-0.25, -0.2) is 0 Å². The molecule has 0 N–H and O–H groups in total. The van der Waals surface area contributed by atoms with Crippen molar-refractivity contribution < 1.29 is 9.66 Å². The van der Waals surface area contributed by atoms with Gasteiger partial charge in [-0.2, -0.15) is 0 Å². The van der Waals surface area contributed by atoms with Crippen LogP contribution in [-0.4, -0.2) is 36.1 Å². The Bertz CT molecular complexity index is 784. The Morgan fingerprint density at radius 2 is 1.85 bits per heavy atom. The summed E-state index contributed by atoms with van der Waals surface area (Å²) in [6.45, 7) is 3.43. The number of allylic oxidation sites excluding steroid dienone is 4. The maximum atomic E-state index is 10.9. The van der Waals surface area contributed by atoms with Crippen molar-refractivity contribution in [3.05, 3.63) is 68.4 Å². The van der Waals surface area contributed by atoms with Crippen molar-refractivity contribution in [1.82, 2.24) is 4.90 Å². The van der Waals surface area contributed by atoms with Crippen LogP contribution >= 0.6 is 0 Å². The topological polar surface area (TPSA) is 55.6 Å². The van der Waals surface area contributed by atoms with Gasteiger partial charge in [-0.15, -0.1) is 0 Å². The number of hydrogen-bond acceptors (Lipinski definition) is 4. The van der Waals surface area contributed by atoms with Gasteiger partial charge in [-0.1, -0.05) is 6.08 Å².